The van der Waals surface area contributed by atoms with Crippen molar-refractivity contribution in [3.8, 4) is 11.5 Å². The Bertz CT molecular complexity index is 1550. The predicted molar refractivity (Wildman–Crippen MR) is 149 cm³/mol. The molecule has 0 radical (unpaired) electrons. The number of halogens is 2. The lowest BCUT2D eigenvalue weighted by Crippen LogP contribution is -2.27. The highest BCUT2D eigenvalue weighted by Gasteiger charge is 2.35. The molecule has 0 bridgehead atoms. The summed E-state index contributed by atoms with van der Waals surface area (Å²) in [5.41, 5.74) is 1.80. The summed E-state index contributed by atoms with van der Waals surface area (Å²) in [6.45, 7) is 2.34. The Morgan fingerprint density at radius 1 is 0.921 bits per heavy atom. The topological polar surface area (TPSA) is 55.8 Å². The van der Waals surface area contributed by atoms with Gasteiger partial charge in [0.25, 0.3) is 11.1 Å². The first-order chi connectivity index (χ1) is 18.4. The van der Waals surface area contributed by atoms with Crippen LogP contribution in [0.5, 0.6) is 11.5 Å². The summed E-state index contributed by atoms with van der Waals surface area (Å²) < 4.78 is 25.7. The first-order valence-corrected chi connectivity index (χ1v) is 13.2. The summed E-state index contributed by atoms with van der Waals surface area (Å²) >= 11 is 7.01. The first kappa shape index (κ1) is 25.8. The number of carbonyl (C=O) groups excluding carboxylic acids is 2. The van der Waals surface area contributed by atoms with Gasteiger partial charge >= 0.3 is 0 Å². The molecule has 1 saturated heterocycles. The fourth-order valence-corrected chi connectivity index (χ4v) is 5.19. The van der Waals surface area contributed by atoms with Gasteiger partial charge in [0.05, 0.1) is 23.1 Å². The number of ether oxygens (including phenoxy) is 2. The Balaban J connectivity index is 1.33. The van der Waals surface area contributed by atoms with E-state index in [2.05, 4.69) is 0 Å². The second kappa shape index (κ2) is 11.3. The molecule has 38 heavy (non-hydrogen) atoms. The molecule has 0 N–H and O–H groups in total. The number of fused-ring (bicyclic) bond motifs is 1. The number of thioether (sulfide) groups is 1. The van der Waals surface area contributed by atoms with Gasteiger partial charge in [0.15, 0.2) is 11.5 Å². The van der Waals surface area contributed by atoms with Gasteiger partial charge in [0.1, 0.15) is 12.4 Å². The van der Waals surface area contributed by atoms with E-state index >= 15 is 0 Å². The molecule has 4 aromatic carbocycles. The van der Waals surface area contributed by atoms with Crippen molar-refractivity contribution in [2.75, 3.05) is 6.61 Å². The molecule has 0 spiro atoms. The van der Waals surface area contributed by atoms with Gasteiger partial charge in [-0.15, -0.1) is 0 Å². The Hall–Kier alpha value is -3.81. The zero-order chi connectivity index (χ0) is 26.6. The minimum Gasteiger partial charge on any atom is -0.490 e. The van der Waals surface area contributed by atoms with Gasteiger partial charge in [-0.3, -0.25) is 14.5 Å². The van der Waals surface area contributed by atoms with E-state index in [0.29, 0.717) is 28.6 Å². The molecule has 5 rings (SSSR count). The summed E-state index contributed by atoms with van der Waals surface area (Å²) in [7, 11) is 0. The van der Waals surface area contributed by atoms with E-state index in [-0.39, 0.29) is 34.9 Å². The van der Waals surface area contributed by atoms with Crippen LogP contribution in [0.1, 0.15) is 23.6 Å². The largest absolute Gasteiger partial charge is 0.490 e. The molecule has 1 aliphatic heterocycles. The van der Waals surface area contributed by atoms with E-state index < -0.39 is 5.82 Å². The van der Waals surface area contributed by atoms with E-state index in [1.165, 1.54) is 17.0 Å². The van der Waals surface area contributed by atoms with Crippen molar-refractivity contribution in [1.29, 1.82) is 0 Å². The molecule has 0 atom stereocenters. The lowest BCUT2D eigenvalue weighted by atomic mass is 10.1. The number of amides is 2. The number of nitrogens with zero attached hydrogens (tertiary/aromatic N) is 1. The highest BCUT2D eigenvalue weighted by atomic mass is 35.5. The summed E-state index contributed by atoms with van der Waals surface area (Å²) in [5, 5.41) is 2.11. The monoisotopic (exact) mass is 547 g/mol. The van der Waals surface area contributed by atoms with Crippen LogP contribution in [-0.4, -0.2) is 22.7 Å². The normalized spacial score (nSPS) is 14.5. The first-order valence-electron chi connectivity index (χ1n) is 12.0. The Morgan fingerprint density at radius 3 is 2.53 bits per heavy atom. The molecule has 0 aliphatic carbocycles. The Labute approximate surface area is 228 Å². The van der Waals surface area contributed by atoms with Crippen LogP contribution in [0.25, 0.3) is 16.8 Å². The molecule has 0 saturated carbocycles. The fraction of sp³-hybridized carbons (Fsp3) is 0.133. The van der Waals surface area contributed by atoms with Crippen LogP contribution in [0.2, 0.25) is 5.02 Å². The predicted octanol–water partition coefficient (Wildman–Crippen LogP) is 7.85. The standard InChI is InChI=1S/C30H23ClFNO4S/c1-2-36-27-15-19(11-13-26(27)37-18-23-24(31)8-5-9-25(23)32)16-28-29(34)33(30(35)38-28)17-20-10-12-21-6-3-4-7-22(21)14-20/h3-16H,2,17-18H2,1H3/b28-16-. The van der Waals surface area contributed by atoms with Crippen LogP contribution in [0.15, 0.2) is 83.8 Å². The van der Waals surface area contributed by atoms with Crippen molar-refractivity contribution >= 4 is 51.4 Å². The maximum Gasteiger partial charge on any atom is 0.293 e. The van der Waals surface area contributed by atoms with Gasteiger partial charge in [0.2, 0.25) is 0 Å². The van der Waals surface area contributed by atoms with Gasteiger partial charge in [-0.05, 0) is 77.0 Å². The van der Waals surface area contributed by atoms with E-state index in [1.807, 2.05) is 49.4 Å². The fourth-order valence-electron chi connectivity index (χ4n) is 4.13. The van der Waals surface area contributed by atoms with Gasteiger partial charge in [-0.1, -0.05) is 60.1 Å². The van der Waals surface area contributed by atoms with Crippen LogP contribution < -0.4 is 9.47 Å². The highest BCUT2D eigenvalue weighted by molar-refractivity contribution is 8.18. The second-order valence-corrected chi connectivity index (χ2v) is 9.98. The molecular formula is C30H23ClFNO4S. The Morgan fingerprint density at radius 2 is 1.74 bits per heavy atom. The minimum absolute atomic E-state index is 0.0708. The summed E-state index contributed by atoms with van der Waals surface area (Å²) in [6, 6.07) is 23.5. The lowest BCUT2D eigenvalue weighted by Gasteiger charge is -2.14. The van der Waals surface area contributed by atoms with E-state index in [9.17, 15) is 14.0 Å². The molecule has 1 aliphatic rings. The van der Waals surface area contributed by atoms with E-state index in [1.54, 1.807) is 30.3 Å². The quantitative estimate of drug-likeness (QED) is 0.210. The number of carbonyl (C=O) groups is 2. The number of rotatable bonds is 8. The second-order valence-electron chi connectivity index (χ2n) is 8.58. The van der Waals surface area contributed by atoms with Crippen LogP contribution >= 0.6 is 23.4 Å². The maximum absolute atomic E-state index is 14.1. The molecule has 0 unspecified atom stereocenters. The molecular weight excluding hydrogens is 525 g/mol. The van der Waals surface area contributed by atoms with Crippen LogP contribution in [0, 0.1) is 5.82 Å². The lowest BCUT2D eigenvalue weighted by molar-refractivity contribution is -0.123. The maximum atomic E-state index is 14.1. The van der Waals surface area contributed by atoms with Crippen molar-refractivity contribution in [2.24, 2.45) is 0 Å². The molecule has 0 aromatic heterocycles. The SMILES string of the molecule is CCOc1cc(/C=C2\SC(=O)N(Cc3ccc4ccccc4c3)C2=O)ccc1OCc1c(F)cccc1Cl. The number of benzene rings is 4. The van der Waals surface area contributed by atoms with Crippen molar-refractivity contribution in [1.82, 2.24) is 4.90 Å². The van der Waals surface area contributed by atoms with E-state index in [4.69, 9.17) is 21.1 Å². The zero-order valence-corrected chi connectivity index (χ0v) is 22.0. The summed E-state index contributed by atoms with van der Waals surface area (Å²) in [4.78, 5) is 27.4. The van der Waals surface area contributed by atoms with Crippen LogP contribution in [-0.2, 0) is 17.9 Å². The molecule has 192 valence electrons. The van der Waals surface area contributed by atoms with Crippen LogP contribution in [0.4, 0.5) is 9.18 Å². The smallest absolute Gasteiger partial charge is 0.293 e. The minimum atomic E-state index is -0.452. The van der Waals surface area contributed by atoms with Gasteiger partial charge in [-0.25, -0.2) is 4.39 Å². The average Bonchev–Trinajstić information content (AvgIpc) is 3.16. The molecule has 1 heterocycles. The third-order valence-electron chi connectivity index (χ3n) is 6.03. The molecule has 5 nitrogen and oxygen atoms in total. The van der Waals surface area contributed by atoms with Crippen LogP contribution in [0.3, 0.4) is 0 Å². The Kier molecular flexibility index (Phi) is 7.67. The third-order valence-corrected chi connectivity index (χ3v) is 7.29. The van der Waals surface area contributed by atoms with Crippen molar-refractivity contribution in [2.45, 2.75) is 20.1 Å². The number of imide groups is 1. The molecule has 4 aromatic rings. The zero-order valence-electron chi connectivity index (χ0n) is 20.4. The van der Waals surface area contributed by atoms with Gasteiger partial charge < -0.3 is 9.47 Å². The molecule has 1 fully saturated rings. The van der Waals surface area contributed by atoms with Gasteiger partial charge in [-0.2, -0.15) is 0 Å². The molecule has 2 amide bonds. The van der Waals surface area contributed by atoms with Crippen molar-refractivity contribution < 1.29 is 23.5 Å². The number of hydrogen-bond acceptors (Lipinski definition) is 5. The van der Waals surface area contributed by atoms with E-state index in [0.717, 1.165) is 28.1 Å². The van der Waals surface area contributed by atoms with Crippen molar-refractivity contribution in [3.05, 3.63) is 111 Å². The molecule has 8 heteroatoms. The number of hydrogen-bond donors (Lipinski definition) is 0. The highest BCUT2D eigenvalue weighted by Crippen LogP contribution is 2.36. The average molecular weight is 548 g/mol. The van der Waals surface area contributed by atoms with Gasteiger partial charge in [0, 0.05) is 5.56 Å². The van der Waals surface area contributed by atoms with Crippen molar-refractivity contribution in [3.63, 3.8) is 0 Å². The third kappa shape index (κ3) is 5.54. The summed E-state index contributed by atoms with van der Waals surface area (Å²) in [6.07, 6.45) is 1.66. The summed E-state index contributed by atoms with van der Waals surface area (Å²) in [5.74, 6) is 0.0453.